The monoisotopic (exact) mass is 175 g/mol. The Morgan fingerprint density at radius 3 is 3.09 bits per heavy atom. The van der Waals surface area contributed by atoms with Gasteiger partial charge in [-0.25, -0.2) is 9.78 Å². The number of ether oxygens (including phenoxy) is 1. The van der Waals surface area contributed by atoms with Crippen LogP contribution in [0.1, 0.15) is 16.7 Å². The van der Waals surface area contributed by atoms with E-state index in [-0.39, 0.29) is 11.6 Å². The first kappa shape index (κ1) is 8.13. The number of carbonyl (C=O) groups excluding carboxylic acids is 1. The lowest BCUT2D eigenvalue weighted by atomic mass is 10.7. The van der Waals surface area contributed by atoms with Gasteiger partial charge in [0, 0.05) is 5.38 Å². The average Bonchev–Trinajstić information content (AvgIpc) is 2.36. The third-order valence-electron chi connectivity index (χ3n) is 0.926. The summed E-state index contributed by atoms with van der Waals surface area (Å²) in [6.07, 6.45) is 0. The molecule has 1 aromatic heterocycles. The predicted octanol–water partition coefficient (Wildman–Crippen LogP) is 1.46. The number of nitrogens with zero attached hydrogens (tertiary/aromatic N) is 1. The molecule has 0 saturated carbocycles. The maximum Gasteiger partial charge on any atom is 0.367 e. The van der Waals surface area contributed by atoms with Crippen LogP contribution in [0.4, 0.5) is 4.39 Å². The van der Waals surface area contributed by atoms with Crippen LogP contribution in [-0.2, 0) is 4.74 Å². The first-order valence-electron chi connectivity index (χ1n) is 3.02. The van der Waals surface area contributed by atoms with Gasteiger partial charge in [-0.15, -0.1) is 11.3 Å². The van der Waals surface area contributed by atoms with Crippen LogP contribution in [0.2, 0.25) is 0 Å². The standard InChI is InChI=1S/C6H6FNO2S/c1-2-10-6(9)5-8-4(7)3-11-5/h3H,2H2,1H3. The molecule has 0 saturated heterocycles. The van der Waals surface area contributed by atoms with Crippen molar-refractivity contribution in [3.05, 3.63) is 16.3 Å². The van der Waals surface area contributed by atoms with Gasteiger partial charge in [-0.1, -0.05) is 0 Å². The zero-order chi connectivity index (χ0) is 8.27. The summed E-state index contributed by atoms with van der Waals surface area (Å²) < 4.78 is 16.8. The minimum absolute atomic E-state index is 0.0596. The van der Waals surface area contributed by atoms with Crippen molar-refractivity contribution in [2.75, 3.05) is 6.61 Å². The number of esters is 1. The first-order chi connectivity index (χ1) is 5.24. The van der Waals surface area contributed by atoms with Crippen LogP contribution in [-0.4, -0.2) is 17.6 Å². The SMILES string of the molecule is CCOC(=O)c1nc(F)cs1. The van der Waals surface area contributed by atoms with E-state index in [1.807, 2.05) is 0 Å². The molecule has 0 atom stereocenters. The highest BCUT2D eigenvalue weighted by molar-refractivity contribution is 7.11. The number of thiazole rings is 1. The van der Waals surface area contributed by atoms with E-state index in [1.165, 1.54) is 0 Å². The molecule has 3 nitrogen and oxygen atoms in total. The van der Waals surface area contributed by atoms with Gasteiger partial charge in [0.15, 0.2) is 0 Å². The average molecular weight is 175 g/mol. The second kappa shape index (κ2) is 3.43. The van der Waals surface area contributed by atoms with Crippen LogP contribution < -0.4 is 0 Å². The van der Waals surface area contributed by atoms with Gasteiger partial charge in [0.05, 0.1) is 6.61 Å². The van der Waals surface area contributed by atoms with Crippen molar-refractivity contribution in [2.45, 2.75) is 6.92 Å². The Kier molecular flexibility index (Phi) is 2.53. The highest BCUT2D eigenvalue weighted by Gasteiger charge is 2.10. The lowest BCUT2D eigenvalue weighted by Gasteiger charge is -1.94. The fourth-order valence-electron chi connectivity index (χ4n) is 0.541. The summed E-state index contributed by atoms with van der Waals surface area (Å²) in [7, 11) is 0. The maximum atomic E-state index is 12.2. The lowest BCUT2D eigenvalue weighted by molar-refractivity contribution is 0.0525. The van der Waals surface area contributed by atoms with Crippen LogP contribution in [0.15, 0.2) is 5.38 Å². The van der Waals surface area contributed by atoms with Crippen LogP contribution >= 0.6 is 11.3 Å². The van der Waals surface area contributed by atoms with Gasteiger partial charge in [0.2, 0.25) is 11.0 Å². The molecule has 0 radical (unpaired) electrons. The van der Waals surface area contributed by atoms with E-state index in [2.05, 4.69) is 9.72 Å². The summed E-state index contributed by atoms with van der Waals surface area (Å²) in [6, 6.07) is 0. The maximum absolute atomic E-state index is 12.2. The highest BCUT2D eigenvalue weighted by atomic mass is 32.1. The summed E-state index contributed by atoms with van der Waals surface area (Å²) in [4.78, 5) is 14.1. The molecular formula is C6H6FNO2S. The number of carbonyl (C=O) groups is 1. The molecule has 5 heteroatoms. The Morgan fingerprint density at radius 2 is 2.64 bits per heavy atom. The van der Waals surface area contributed by atoms with E-state index in [0.717, 1.165) is 16.7 Å². The fourth-order valence-corrected chi connectivity index (χ4v) is 1.10. The molecule has 0 amide bonds. The molecule has 11 heavy (non-hydrogen) atoms. The summed E-state index contributed by atoms with van der Waals surface area (Å²) in [5.41, 5.74) is 0. The van der Waals surface area contributed by atoms with Crippen molar-refractivity contribution in [1.82, 2.24) is 4.98 Å². The zero-order valence-corrected chi connectivity index (χ0v) is 6.65. The molecule has 0 aliphatic rings. The van der Waals surface area contributed by atoms with Crippen molar-refractivity contribution in [3.63, 3.8) is 0 Å². The number of rotatable bonds is 2. The summed E-state index contributed by atoms with van der Waals surface area (Å²) in [5.74, 6) is -1.21. The van der Waals surface area contributed by atoms with Crippen molar-refractivity contribution in [2.24, 2.45) is 0 Å². The van der Waals surface area contributed by atoms with Crippen molar-refractivity contribution in [3.8, 4) is 0 Å². The number of hydrogen-bond donors (Lipinski definition) is 0. The highest BCUT2D eigenvalue weighted by Crippen LogP contribution is 2.08. The van der Waals surface area contributed by atoms with E-state index in [9.17, 15) is 9.18 Å². The summed E-state index contributed by atoms with van der Waals surface area (Å²) in [6.45, 7) is 1.96. The van der Waals surface area contributed by atoms with E-state index in [0.29, 0.717) is 0 Å². The molecule has 0 spiro atoms. The van der Waals surface area contributed by atoms with Crippen molar-refractivity contribution >= 4 is 17.3 Å². The van der Waals surface area contributed by atoms with Crippen LogP contribution in [0.25, 0.3) is 0 Å². The van der Waals surface area contributed by atoms with Gasteiger partial charge in [0.1, 0.15) is 0 Å². The molecule has 0 unspecified atom stereocenters. The van der Waals surface area contributed by atoms with Crippen LogP contribution in [0.3, 0.4) is 0 Å². The van der Waals surface area contributed by atoms with E-state index in [4.69, 9.17) is 0 Å². The fraction of sp³-hybridized carbons (Fsp3) is 0.333. The smallest absolute Gasteiger partial charge is 0.367 e. The summed E-state index contributed by atoms with van der Waals surface area (Å²) >= 11 is 0.937. The number of hydrogen-bond acceptors (Lipinski definition) is 4. The van der Waals surface area contributed by atoms with Gasteiger partial charge in [0.25, 0.3) is 0 Å². The minimum Gasteiger partial charge on any atom is -0.461 e. The Bertz CT molecular complexity index is 261. The van der Waals surface area contributed by atoms with Crippen LogP contribution in [0.5, 0.6) is 0 Å². The second-order valence-corrected chi connectivity index (χ2v) is 2.55. The molecule has 0 aliphatic carbocycles. The molecule has 1 aromatic rings. The van der Waals surface area contributed by atoms with Crippen molar-refractivity contribution in [1.29, 1.82) is 0 Å². The molecule has 0 aliphatic heterocycles. The Labute approximate surface area is 66.8 Å². The molecule has 60 valence electrons. The lowest BCUT2D eigenvalue weighted by Crippen LogP contribution is -2.03. The van der Waals surface area contributed by atoms with Crippen molar-refractivity contribution < 1.29 is 13.9 Å². The Balaban J connectivity index is 2.69. The van der Waals surface area contributed by atoms with Gasteiger partial charge >= 0.3 is 5.97 Å². The Morgan fingerprint density at radius 1 is 1.91 bits per heavy atom. The van der Waals surface area contributed by atoms with Gasteiger partial charge in [-0.2, -0.15) is 4.39 Å². The van der Waals surface area contributed by atoms with Crippen LogP contribution in [0, 0.1) is 5.95 Å². The van der Waals surface area contributed by atoms with Gasteiger partial charge < -0.3 is 4.74 Å². The normalized spacial score (nSPS) is 9.64. The minimum atomic E-state index is -0.641. The number of halogens is 1. The van der Waals surface area contributed by atoms with Gasteiger partial charge in [-0.05, 0) is 6.92 Å². The third kappa shape index (κ3) is 1.98. The zero-order valence-electron chi connectivity index (χ0n) is 5.83. The summed E-state index contributed by atoms with van der Waals surface area (Å²) in [5, 5.41) is 1.22. The molecule has 1 rings (SSSR count). The topological polar surface area (TPSA) is 39.2 Å². The molecule has 1 heterocycles. The van der Waals surface area contributed by atoms with E-state index >= 15 is 0 Å². The quantitative estimate of drug-likeness (QED) is 0.639. The molecular weight excluding hydrogens is 169 g/mol. The first-order valence-corrected chi connectivity index (χ1v) is 3.90. The predicted molar refractivity (Wildman–Crippen MR) is 38.0 cm³/mol. The van der Waals surface area contributed by atoms with Gasteiger partial charge in [-0.3, -0.25) is 0 Å². The molecule has 0 aromatic carbocycles. The Hall–Kier alpha value is -0.970. The number of aromatic nitrogens is 1. The molecule has 0 N–H and O–H groups in total. The molecule has 0 bridgehead atoms. The van der Waals surface area contributed by atoms with E-state index in [1.54, 1.807) is 6.92 Å². The van der Waals surface area contributed by atoms with E-state index < -0.39 is 11.9 Å². The third-order valence-corrected chi connectivity index (χ3v) is 1.72. The molecule has 0 fully saturated rings. The second-order valence-electron chi connectivity index (χ2n) is 1.70. The largest absolute Gasteiger partial charge is 0.461 e.